The highest BCUT2D eigenvalue weighted by atomic mass is 16.3. The van der Waals surface area contributed by atoms with Crippen LogP contribution in [0.15, 0.2) is 58.7 Å². The predicted molar refractivity (Wildman–Crippen MR) is 110 cm³/mol. The molecule has 0 bridgehead atoms. The van der Waals surface area contributed by atoms with Gasteiger partial charge in [0.15, 0.2) is 0 Å². The van der Waals surface area contributed by atoms with Crippen LogP contribution in [0.1, 0.15) is 22.5 Å². The quantitative estimate of drug-likeness (QED) is 0.386. The fourth-order valence-electron chi connectivity index (χ4n) is 3.34. The van der Waals surface area contributed by atoms with Gasteiger partial charge < -0.3 is 9.73 Å². The molecule has 0 fully saturated rings. The number of rotatable bonds is 7. The number of hydrogen-bond acceptors (Lipinski definition) is 5. The van der Waals surface area contributed by atoms with E-state index in [0.29, 0.717) is 31.8 Å². The zero-order valence-corrected chi connectivity index (χ0v) is 16.1. The average Bonchev–Trinajstić information content (AvgIpc) is 3.27. The first-order chi connectivity index (χ1) is 14.1. The summed E-state index contributed by atoms with van der Waals surface area (Å²) in [5, 5.41) is 8.65. The number of aryl methyl sites for hydroxylation is 2. The van der Waals surface area contributed by atoms with Crippen molar-refractivity contribution in [1.82, 2.24) is 24.6 Å². The Kier molecular flexibility index (Phi) is 4.99. The van der Waals surface area contributed by atoms with Crippen LogP contribution in [0.3, 0.4) is 0 Å². The number of furan rings is 1. The Hall–Kier alpha value is -3.68. The second-order valence-electron chi connectivity index (χ2n) is 6.76. The van der Waals surface area contributed by atoms with Crippen LogP contribution in [0.5, 0.6) is 0 Å². The van der Waals surface area contributed by atoms with Crippen molar-refractivity contribution in [2.24, 2.45) is 0 Å². The predicted octanol–water partition coefficient (Wildman–Crippen LogP) is 2.65. The zero-order chi connectivity index (χ0) is 20.4. The molecule has 0 aliphatic rings. The van der Waals surface area contributed by atoms with Gasteiger partial charge in [0.25, 0.3) is 11.5 Å². The number of benzene rings is 1. The number of nitrogens with zero attached hydrogens (tertiary/aromatic N) is 4. The van der Waals surface area contributed by atoms with Gasteiger partial charge in [0.05, 0.1) is 11.1 Å². The minimum absolute atomic E-state index is 0.168. The van der Waals surface area contributed by atoms with Crippen LogP contribution in [0, 0.1) is 6.92 Å². The summed E-state index contributed by atoms with van der Waals surface area (Å²) < 4.78 is 8.78. The average molecular weight is 391 g/mol. The third kappa shape index (κ3) is 3.56. The monoisotopic (exact) mass is 391 g/mol. The summed E-state index contributed by atoms with van der Waals surface area (Å²) in [6.45, 7) is 6.72. The van der Waals surface area contributed by atoms with Gasteiger partial charge in [-0.05, 0) is 19.4 Å². The van der Waals surface area contributed by atoms with Gasteiger partial charge in [-0.25, -0.2) is 4.98 Å². The van der Waals surface area contributed by atoms with Gasteiger partial charge in [-0.1, -0.05) is 24.3 Å². The molecule has 4 aromatic rings. The number of allylic oxidation sites excluding steroid dienone is 1. The minimum atomic E-state index is -0.345. The molecule has 0 unspecified atom stereocenters. The smallest absolute Gasteiger partial charge is 0.265 e. The van der Waals surface area contributed by atoms with Crippen molar-refractivity contribution in [1.29, 1.82) is 0 Å². The molecule has 148 valence electrons. The minimum Gasteiger partial charge on any atom is -0.442 e. The largest absolute Gasteiger partial charge is 0.442 e. The summed E-state index contributed by atoms with van der Waals surface area (Å²) in [6.07, 6.45) is 5.68. The molecule has 0 saturated carbocycles. The van der Waals surface area contributed by atoms with Gasteiger partial charge in [-0.2, -0.15) is 5.10 Å². The van der Waals surface area contributed by atoms with E-state index < -0.39 is 0 Å². The lowest BCUT2D eigenvalue weighted by molar-refractivity contribution is 0.0952. The zero-order valence-electron chi connectivity index (χ0n) is 16.1. The Morgan fingerprint density at radius 2 is 2.17 bits per heavy atom. The van der Waals surface area contributed by atoms with Crippen molar-refractivity contribution in [2.75, 3.05) is 6.54 Å². The van der Waals surface area contributed by atoms with Crippen molar-refractivity contribution in [3.8, 4) is 0 Å². The van der Waals surface area contributed by atoms with Crippen LogP contribution in [0.4, 0.5) is 0 Å². The lowest BCUT2D eigenvalue weighted by Crippen LogP contribution is -2.28. The molecule has 8 heteroatoms. The molecule has 1 amide bonds. The standard InChI is InChI=1S/C21H21N5O3/c1-3-10-25-13-23-20-18(21(25)28)17(14(2)29-20)19(27)22-9-6-11-26-12-15-7-4-5-8-16(15)24-26/h3-5,7-8,12-13H,1,6,9-11H2,2H3,(H,22,27). The summed E-state index contributed by atoms with van der Waals surface area (Å²) >= 11 is 0. The molecular weight excluding hydrogens is 370 g/mol. The van der Waals surface area contributed by atoms with Gasteiger partial charge in [-0.3, -0.25) is 18.8 Å². The SMILES string of the molecule is C=CCn1cnc2oc(C)c(C(=O)NCCCn3cc4ccccc4n3)c2c1=O. The van der Waals surface area contributed by atoms with Gasteiger partial charge in [0.1, 0.15) is 17.5 Å². The van der Waals surface area contributed by atoms with Crippen molar-refractivity contribution < 1.29 is 9.21 Å². The van der Waals surface area contributed by atoms with Gasteiger partial charge in [-0.15, -0.1) is 6.58 Å². The summed E-state index contributed by atoms with van der Waals surface area (Å²) in [4.78, 5) is 29.5. The van der Waals surface area contributed by atoms with E-state index in [9.17, 15) is 9.59 Å². The van der Waals surface area contributed by atoms with Crippen molar-refractivity contribution in [3.05, 3.63) is 71.1 Å². The van der Waals surface area contributed by atoms with Crippen LogP contribution in [-0.4, -0.2) is 31.8 Å². The molecular formula is C21H21N5O3. The first kappa shape index (κ1) is 18.7. The fourth-order valence-corrected chi connectivity index (χ4v) is 3.34. The van der Waals surface area contributed by atoms with Crippen LogP contribution >= 0.6 is 0 Å². The molecule has 0 aliphatic carbocycles. The fraction of sp³-hybridized carbons (Fsp3) is 0.238. The summed E-state index contributed by atoms with van der Waals surface area (Å²) in [5.41, 5.74) is 1.03. The van der Waals surface area contributed by atoms with E-state index in [-0.39, 0.29) is 28.1 Å². The molecule has 1 aromatic carbocycles. The molecule has 4 rings (SSSR count). The second-order valence-corrected chi connectivity index (χ2v) is 6.76. The Morgan fingerprint density at radius 3 is 2.97 bits per heavy atom. The number of hydrogen-bond donors (Lipinski definition) is 1. The maximum atomic E-state index is 12.7. The van der Waals surface area contributed by atoms with Crippen molar-refractivity contribution in [2.45, 2.75) is 26.4 Å². The number of nitrogens with one attached hydrogen (secondary N) is 1. The van der Waals surface area contributed by atoms with Gasteiger partial charge in [0, 0.05) is 31.2 Å². The maximum Gasteiger partial charge on any atom is 0.265 e. The van der Waals surface area contributed by atoms with E-state index in [1.165, 1.54) is 10.9 Å². The van der Waals surface area contributed by atoms with Crippen LogP contribution < -0.4 is 10.9 Å². The Bertz CT molecular complexity index is 1230. The highest BCUT2D eigenvalue weighted by Gasteiger charge is 2.22. The summed E-state index contributed by atoms with van der Waals surface area (Å²) in [7, 11) is 0. The Labute approximate surface area is 166 Å². The second kappa shape index (κ2) is 7.75. The molecule has 3 aromatic heterocycles. The number of fused-ring (bicyclic) bond motifs is 2. The van der Waals surface area contributed by atoms with Gasteiger partial charge in [0.2, 0.25) is 5.71 Å². The molecule has 29 heavy (non-hydrogen) atoms. The molecule has 0 radical (unpaired) electrons. The van der Waals surface area contributed by atoms with E-state index in [1.54, 1.807) is 13.0 Å². The number of aromatic nitrogens is 4. The first-order valence-electron chi connectivity index (χ1n) is 9.38. The normalized spacial score (nSPS) is 11.2. The first-order valence-corrected chi connectivity index (χ1v) is 9.38. The van der Waals surface area contributed by atoms with Gasteiger partial charge >= 0.3 is 0 Å². The van der Waals surface area contributed by atoms with Crippen molar-refractivity contribution >= 4 is 27.9 Å². The molecule has 8 nitrogen and oxygen atoms in total. The Morgan fingerprint density at radius 1 is 1.34 bits per heavy atom. The van der Waals surface area contributed by atoms with E-state index in [4.69, 9.17) is 4.42 Å². The highest BCUT2D eigenvalue weighted by molar-refractivity contribution is 6.06. The van der Waals surface area contributed by atoms with Crippen LogP contribution in [0.25, 0.3) is 22.0 Å². The highest BCUT2D eigenvalue weighted by Crippen LogP contribution is 2.20. The van der Waals surface area contributed by atoms with Crippen molar-refractivity contribution in [3.63, 3.8) is 0 Å². The lowest BCUT2D eigenvalue weighted by Gasteiger charge is -2.06. The number of amides is 1. The third-order valence-electron chi connectivity index (χ3n) is 4.72. The van der Waals surface area contributed by atoms with E-state index in [2.05, 4.69) is 22.0 Å². The third-order valence-corrected chi connectivity index (χ3v) is 4.72. The number of carbonyl (C=O) groups is 1. The van der Waals surface area contributed by atoms with E-state index >= 15 is 0 Å². The molecule has 3 heterocycles. The topological polar surface area (TPSA) is 95.0 Å². The van der Waals surface area contributed by atoms with E-state index in [1.807, 2.05) is 35.1 Å². The molecule has 0 aliphatic heterocycles. The van der Waals surface area contributed by atoms with Crippen LogP contribution in [-0.2, 0) is 13.1 Å². The summed E-state index contributed by atoms with van der Waals surface area (Å²) in [6, 6.07) is 7.91. The maximum absolute atomic E-state index is 12.7. The number of carbonyl (C=O) groups excluding carboxylic acids is 1. The Balaban J connectivity index is 1.46. The summed E-state index contributed by atoms with van der Waals surface area (Å²) in [5.74, 6) is 0.0268. The molecule has 0 saturated heterocycles. The van der Waals surface area contributed by atoms with Crippen LogP contribution in [0.2, 0.25) is 0 Å². The lowest BCUT2D eigenvalue weighted by atomic mass is 10.1. The molecule has 1 N–H and O–H groups in total. The van der Waals surface area contributed by atoms with E-state index in [0.717, 1.165) is 10.9 Å². The molecule has 0 atom stereocenters. The molecule has 0 spiro atoms.